The van der Waals surface area contributed by atoms with Crippen molar-refractivity contribution in [2.75, 3.05) is 5.32 Å². The quantitative estimate of drug-likeness (QED) is 0.230. The number of alkyl halides is 3. The number of fused-ring (bicyclic) bond motifs is 1. The van der Waals surface area contributed by atoms with E-state index in [0.29, 0.717) is 28.3 Å². The molecule has 5 rings (SSSR count). The number of aromatic nitrogens is 1. The zero-order valence-electron chi connectivity index (χ0n) is 19.4. The normalized spacial score (nSPS) is 11.5. The molecule has 184 valence electrons. The van der Waals surface area contributed by atoms with Gasteiger partial charge in [0.2, 0.25) is 0 Å². The van der Waals surface area contributed by atoms with E-state index in [-0.39, 0.29) is 22.2 Å². The van der Waals surface area contributed by atoms with Crippen molar-refractivity contribution in [3.63, 3.8) is 0 Å². The van der Waals surface area contributed by atoms with Crippen LogP contribution in [0, 0.1) is 0 Å². The number of carbonyl (C=O) groups is 1. The fraction of sp³-hybridized carbons (Fsp3) is 0.0667. The Kier molecular flexibility index (Phi) is 6.68. The van der Waals surface area contributed by atoms with Gasteiger partial charge in [0.15, 0.2) is 5.78 Å². The number of nitrogens with zero attached hydrogens (tertiary/aromatic N) is 1. The van der Waals surface area contributed by atoms with Crippen molar-refractivity contribution in [3.05, 3.63) is 131 Å². The number of hydrogen-bond donors (Lipinski definition) is 1. The van der Waals surface area contributed by atoms with Gasteiger partial charge in [0, 0.05) is 45.5 Å². The average Bonchev–Trinajstić information content (AvgIpc) is 2.90. The van der Waals surface area contributed by atoms with E-state index in [1.165, 1.54) is 12.3 Å². The molecule has 7 heteroatoms. The van der Waals surface area contributed by atoms with Gasteiger partial charge in [-0.1, -0.05) is 78.3 Å². The fourth-order valence-electron chi connectivity index (χ4n) is 4.32. The number of anilines is 1. The van der Waals surface area contributed by atoms with Gasteiger partial charge in [-0.3, -0.25) is 9.78 Å². The van der Waals surface area contributed by atoms with Crippen molar-refractivity contribution >= 4 is 34.0 Å². The van der Waals surface area contributed by atoms with E-state index in [0.717, 1.165) is 17.3 Å². The highest BCUT2D eigenvalue weighted by Gasteiger charge is 2.34. The van der Waals surface area contributed by atoms with E-state index in [4.69, 9.17) is 11.6 Å². The predicted molar refractivity (Wildman–Crippen MR) is 141 cm³/mol. The van der Waals surface area contributed by atoms with E-state index >= 15 is 0 Å². The fourth-order valence-corrected chi connectivity index (χ4v) is 4.53. The molecule has 0 atom stereocenters. The van der Waals surface area contributed by atoms with Crippen LogP contribution in [0.3, 0.4) is 0 Å². The van der Waals surface area contributed by atoms with Crippen LogP contribution in [0.5, 0.6) is 0 Å². The number of carbonyl (C=O) groups excluding carboxylic acids is 1. The van der Waals surface area contributed by atoms with Gasteiger partial charge in [-0.2, -0.15) is 13.2 Å². The van der Waals surface area contributed by atoms with Crippen molar-refractivity contribution in [1.82, 2.24) is 4.98 Å². The van der Waals surface area contributed by atoms with Crippen LogP contribution in [0.1, 0.15) is 27.0 Å². The second kappa shape index (κ2) is 10.1. The van der Waals surface area contributed by atoms with Gasteiger partial charge in [-0.05, 0) is 41.5 Å². The molecule has 0 spiro atoms. The summed E-state index contributed by atoms with van der Waals surface area (Å²) in [5.74, 6) is -0.320. The Morgan fingerprint density at radius 3 is 2.38 bits per heavy atom. The first kappa shape index (κ1) is 24.5. The van der Waals surface area contributed by atoms with Gasteiger partial charge in [-0.25, -0.2) is 0 Å². The first-order valence-electron chi connectivity index (χ1n) is 11.5. The largest absolute Gasteiger partial charge is 0.418 e. The molecule has 1 N–H and O–H groups in total. The molecule has 0 aliphatic carbocycles. The van der Waals surface area contributed by atoms with Crippen molar-refractivity contribution in [2.45, 2.75) is 12.7 Å². The summed E-state index contributed by atoms with van der Waals surface area (Å²) in [6.07, 6.45) is -3.34. The lowest BCUT2D eigenvalue weighted by molar-refractivity contribution is -0.136. The lowest BCUT2D eigenvalue weighted by Crippen LogP contribution is -2.09. The molecule has 0 aliphatic heterocycles. The van der Waals surface area contributed by atoms with Gasteiger partial charge in [0.05, 0.1) is 11.1 Å². The number of benzene rings is 4. The Labute approximate surface area is 216 Å². The Morgan fingerprint density at radius 2 is 1.62 bits per heavy atom. The summed E-state index contributed by atoms with van der Waals surface area (Å²) in [5.41, 5.74) is 2.32. The highest BCUT2D eigenvalue weighted by Crippen LogP contribution is 2.39. The number of halogens is 4. The number of pyridine rings is 1. The predicted octanol–water partition coefficient (Wildman–Crippen LogP) is 8.42. The third-order valence-corrected chi connectivity index (χ3v) is 6.26. The Hall–Kier alpha value is -4.16. The third-order valence-electron chi connectivity index (χ3n) is 6.02. The molecule has 4 aromatic carbocycles. The van der Waals surface area contributed by atoms with E-state index in [1.807, 2.05) is 30.3 Å². The van der Waals surface area contributed by atoms with Crippen LogP contribution in [0.4, 0.5) is 18.9 Å². The maximum atomic E-state index is 13.8. The molecule has 0 aliphatic rings. The second-order valence-corrected chi connectivity index (χ2v) is 8.94. The summed E-state index contributed by atoms with van der Waals surface area (Å²) in [6, 6.07) is 27.2. The second-order valence-electron chi connectivity index (χ2n) is 8.51. The van der Waals surface area contributed by atoms with Crippen LogP contribution in [0.2, 0.25) is 5.02 Å². The molecule has 0 radical (unpaired) electrons. The summed E-state index contributed by atoms with van der Waals surface area (Å²) in [6.45, 7) is 0.495. The Balaban J connectivity index is 1.65. The molecule has 1 aromatic heterocycles. The lowest BCUT2D eigenvalue weighted by atomic mass is 9.91. The molecule has 5 aromatic rings. The zero-order valence-corrected chi connectivity index (χ0v) is 20.1. The van der Waals surface area contributed by atoms with Crippen molar-refractivity contribution in [3.8, 4) is 11.1 Å². The molecule has 0 amide bonds. The van der Waals surface area contributed by atoms with Crippen LogP contribution in [-0.4, -0.2) is 10.8 Å². The summed E-state index contributed by atoms with van der Waals surface area (Å²) >= 11 is 6.08. The first-order valence-corrected chi connectivity index (χ1v) is 11.9. The number of rotatable bonds is 6. The van der Waals surface area contributed by atoms with Gasteiger partial charge < -0.3 is 5.32 Å². The SMILES string of the molecule is O=C(c1ccccc1)c1cnc2c(C(F)(F)F)cccc2c1-c1cccc(NCc2cccc(Cl)c2)c1. The maximum absolute atomic E-state index is 13.8. The minimum absolute atomic E-state index is 0.202. The molecule has 37 heavy (non-hydrogen) atoms. The smallest absolute Gasteiger partial charge is 0.381 e. The number of para-hydroxylation sites is 1. The standard InChI is InChI=1S/C30H20ClF3N2O/c31-22-11-4-7-19(15-22)17-35-23-12-5-10-21(16-23)27-24-13-6-14-26(30(32,33)34)28(24)36-18-25(27)29(37)20-8-2-1-3-9-20/h1-16,18,35H,17H2. The van der Waals surface area contributed by atoms with E-state index in [9.17, 15) is 18.0 Å². The first-order chi connectivity index (χ1) is 17.8. The molecule has 1 heterocycles. The molecule has 0 saturated carbocycles. The zero-order chi connectivity index (χ0) is 26.0. The summed E-state index contributed by atoms with van der Waals surface area (Å²) in [7, 11) is 0. The van der Waals surface area contributed by atoms with Gasteiger partial charge in [0.25, 0.3) is 0 Å². The third kappa shape index (κ3) is 5.20. The number of nitrogens with one attached hydrogen (secondary N) is 1. The van der Waals surface area contributed by atoms with Crippen LogP contribution < -0.4 is 5.32 Å². The van der Waals surface area contributed by atoms with Crippen LogP contribution in [0.25, 0.3) is 22.0 Å². The molecule has 0 bridgehead atoms. The van der Waals surface area contributed by atoms with E-state index < -0.39 is 11.7 Å². The number of hydrogen-bond acceptors (Lipinski definition) is 3. The van der Waals surface area contributed by atoms with Crippen LogP contribution in [0.15, 0.2) is 103 Å². The van der Waals surface area contributed by atoms with Crippen molar-refractivity contribution < 1.29 is 18.0 Å². The van der Waals surface area contributed by atoms with Gasteiger partial charge in [0.1, 0.15) is 0 Å². The molecule has 0 saturated heterocycles. The Morgan fingerprint density at radius 1 is 0.865 bits per heavy atom. The lowest BCUT2D eigenvalue weighted by Gasteiger charge is -2.16. The van der Waals surface area contributed by atoms with Crippen molar-refractivity contribution in [1.29, 1.82) is 0 Å². The topological polar surface area (TPSA) is 42.0 Å². The monoisotopic (exact) mass is 516 g/mol. The average molecular weight is 517 g/mol. The van der Waals surface area contributed by atoms with Gasteiger partial charge in [-0.15, -0.1) is 0 Å². The Bertz CT molecular complexity index is 1600. The molecule has 3 nitrogen and oxygen atoms in total. The van der Waals surface area contributed by atoms with E-state index in [1.54, 1.807) is 54.6 Å². The van der Waals surface area contributed by atoms with Crippen LogP contribution >= 0.6 is 11.6 Å². The van der Waals surface area contributed by atoms with Gasteiger partial charge >= 0.3 is 6.18 Å². The molecule has 0 unspecified atom stereocenters. The van der Waals surface area contributed by atoms with Crippen LogP contribution in [-0.2, 0) is 12.7 Å². The minimum Gasteiger partial charge on any atom is -0.381 e. The highest BCUT2D eigenvalue weighted by atomic mass is 35.5. The highest BCUT2D eigenvalue weighted by molar-refractivity contribution is 6.30. The van der Waals surface area contributed by atoms with E-state index in [2.05, 4.69) is 10.3 Å². The summed E-state index contributed by atoms with van der Waals surface area (Å²) in [5, 5.41) is 4.20. The minimum atomic E-state index is -4.59. The molecular formula is C30H20ClF3N2O. The maximum Gasteiger partial charge on any atom is 0.418 e. The number of ketones is 1. The molecule has 0 fully saturated rings. The summed E-state index contributed by atoms with van der Waals surface area (Å²) < 4.78 is 41.4. The van der Waals surface area contributed by atoms with Crippen molar-refractivity contribution in [2.24, 2.45) is 0 Å². The molecular weight excluding hydrogens is 497 g/mol. The summed E-state index contributed by atoms with van der Waals surface area (Å²) in [4.78, 5) is 17.6.